The minimum absolute atomic E-state index is 0.102. The summed E-state index contributed by atoms with van der Waals surface area (Å²) in [5.41, 5.74) is 0.0259. The normalized spacial score (nSPS) is 22.9. The van der Waals surface area contributed by atoms with E-state index in [-0.39, 0.29) is 17.9 Å². The van der Waals surface area contributed by atoms with E-state index in [9.17, 15) is 23.1 Å². The van der Waals surface area contributed by atoms with Crippen LogP contribution in [0.2, 0.25) is 0 Å². The number of hydrogen-bond donors (Lipinski definition) is 2. The van der Waals surface area contributed by atoms with E-state index in [1.165, 1.54) is 12.1 Å². The predicted molar refractivity (Wildman–Crippen MR) is 85.3 cm³/mol. The number of aliphatic hydroxyl groups is 1. The van der Waals surface area contributed by atoms with Gasteiger partial charge in [0.25, 0.3) is 0 Å². The van der Waals surface area contributed by atoms with Gasteiger partial charge in [-0.25, -0.2) is 0 Å². The van der Waals surface area contributed by atoms with Crippen molar-refractivity contribution in [3.8, 4) is 0 Å². The molecule has 1 aromatic carbocycles. The van der Waals surface area contributed by atoms with Crippen LogP contribution >= 0.6 is 0 Å². The average Bonchev–Trinajstić information content (AvgIpc) is 2.52. The number of carbonyl (C=O) groups excluding carboxylic acids is 1. The molecule has 0 radical (unpaired) electrons. The molecule has 1 aromatic rings. The van der Waals surface area contributed by atoms with Gasteiger partial charge in [-0.05, 0) is 49.3 Å². The molecular formula is C18H24F3NO2. The van der Waals surface area contributed by atoms with Gasteiger partial charge in [-0.2, -0.15) is 13.2 Å². The van der Waals surface area contributed by atoms with Crippen molar-refractivity contribution >= 4 is 5.91 Å². The number of aliphatic hydroxyl groups excluding tert-OH is 1. The van der Waals surface area contributed by atoms with E-state index in [1.54, 1.807) is 6.92 Å². The SMILES string of the molecule is CC(Cc1ccc(C(F)(F)F)cc1)C(=O)NCC1CCCC(O)C1. The Morgan fingerprint density at radius 3 is 2.54 bits per heavy atom. The van der Waals surface area contributed by atoms with Crippen molar-refractivity contribution in [2.24, 2.45) is 11.8 Å². The van der Waals surface area contributed by atoms with Crippen LogP contribution in [-0.4, -0.2) is 23.7 Å². The highest BCUT2D eigenvalue weighted by Gasteiger charge is 2.30. The van der Waals surface area contributed by atoms with Crippen LogP contribution in [0.1, 0.15) is 43.7 Å². The Labute approximate surface area is 140 Å². The van der Waals surface area contributed by atoms with Gasteiger partial charge in [0, 0.05) is 12.5 Å². The molecule has 134 valence electrons. The molecule has 1 aliphatic rings. The smallest absolute Gasteiger partial charge is 0.393 e. The van der Waals surface area contributed by atoms with Crippen molar-refractivity contribution < 1.29 is 23.1 Å². The fourth-order valence-electron chi connectivity index (χ4n) is 3.14. The Bertz CT molecular complexity index is 542. The summed E-state index contributed by atoms with van der Waals surface area (Å²) in [7, 11) is 0. The van der Waals surface area contributed by atoms with Gasteiger partial charge in [-0.1, -0.05) is 25.5 Å². The average molecular weight is 343 g/mol. The number of amides is 1. The molecule has 3 nitrogen and oxygen atoms in total. The first-order valence-electron chi connectivity index (χ1n) is 8.37. The molecule has 0 aromatic heterocycles. The lowest BCUT2D eigenvalue weighted by atomic mass is 9.87. The van der Waals surface area contributed by atoms with Gasteiger partial charge in [0.15, 0.2) is 0 Å². The lowest BCUT2D eigenvalue weighted by Gasteiger charge is -2.26. The summed E-state index contributed by atoms with van der Waals surface area (Å²) >= 11 is 0. The molecule has 1 saturated carbocycles. The van der Waals surface area contributed by atoms with Crippen molar-refractivity contribution in [1.29, 1.82) is 0 Å². The van der Waals surface area contributed by atoms with E-state index >= 15 is 0 Å². The van der Waals surface area contributed by atoms with Gasteiger partial charge < -0.3 is 10.4 Å². The molecule has 0 aliphatic heterocycles. The zero-order valence-electron chi connectivity index (χ0n) is 13.8. The molecule has 1 amide bonds. The van der Waals surface area contributed by atoms with Gasteiger partial charge in [0.05, 0.1) is 11.7 Å². The van der Waals surface area contributed by atoms with E-state index in [4.69, 9.17) is 0 Å². The Morgan fingerprint density at radius 2 is 1.96 bits per heavy atom. The molecule has 3 unspecified atom stereocenters. The lowest BCUT2D eigenvalue weighted by Crippen LogP contribution is -2.36. The van der Waals surface area contributed by atoms with Crippen LogP contribution in [0.15, 0.2) is 24.3 Å². The first-order chi connectivity index (χ1) is 11.3. The maximum Gasteiger partial charge on any atom is 0.416 e. The molecule has 0 spiro atoms. The molecule has 2 N–H and O–H groups in total. The topological polar surface area (TPSA) is 49.3 Å². The van der Waals surface area contributed by atoms with E-state index in [0.717, 1.165) is 31.4 Å². The van der Waals surface area contributed by atoms with Gasteiger partial charge in [0.2, 0.25) is 5.91 Å². The minimum atomic E-state index is -4.34. The molecular weight excluding hydrogens is 319 g/mol. The maximum atomic E-state index is 12.5. The van der Waals surface area contributed by atoms with E-state index in [2.05, 4.69) is 5.32 Å². The molecule has 0 heterocycles. The highest BCUT2D eigenvalue weighted by molar-refractivity contribution is 5.78. The summed E-state index contributed by atoms with van der Waals surface area (Å²) in [5.74, 6) is -0.110. The second-order valence-electron chi connectivity index (χ2n) is 6.73. The molecule has 6 heteroatoms. The van der Waals surface area contributed by atoms with Gasteiger partial charge in [0.1, 0.15) is 0 Å². The van der Waals surface area contributed by atoms with Gasteiger partial charge >= 0.3 is 6.18 Å². The monoisotopic (exact) mass is 343 g/mol. The minimum Gasteiger partial charge on any atom is -0.393 e. The molecule has 24 heavy (non-hydrogen) atoms. The van der Waals surface area contributed by atoms with Crippen LogP contribution in [0.25, 0.3) is 0 Å². The Hall–Kier alpha value is -1.56. The van der Waals surface area contributed by atoms with E-state index < -0.39 is 11.7 Å². The molecule has 3 atom stereocenters. The third kappa shape index (κ3) is 5.51. The van der Waals surface area contributed by atoms with Crippen molar-refractivity contribution in [3.05, 3.63) is 35.4 Å². The number of halogens is 3. The molecule has 2 rings (SSSR count). The van der Waals surface area contributed by atoms with Gasteiger partial charge in [-0.15, -0.1) is 0 Å². The van der Waals surface area contributed by atoms with Gasteiger partial charge in [-0.3, -0.25) is 4.79 Å². The van der Waals surface area contributed by atoms with Crippen LogP contribution in [0.5, 0.6) is 0 Å². The summed E-state index contributed by atoms with van der Waals surface area (Å²) in [4.78, 5) is 12.1. The molecule has 0 saturated heterocycles. The second-order valence-corrected chi connectivity index (χ2v) is 6.73. The number of carbonyl (C=O) groups is 1. The summed E-state index contributed by atoms with van der Waals surface area (Å²) in [5, 5.41) is 12.5. The fourth-order valence-corrected chi connectivity index (χ4v) is 3.14. The second kappa shape index (κ2) is 8.01. The zero-order valence-corrected chi connectivity index (χ0v) is 13.8. The molecule has 0 bridgehead atoms. The van der Waals surface area contributed by atoms with Crippen molar-refractivity contribution in [2.75, 3.05) is 6.54 Å². The summed E-state index contributed by atoms with van der Waals surface area (Å²) in [6.45, 7) is 2.32. The zero-order chi connectivity index (χ0) is 17.7. The number of alkyl halides is 3. The highest BCUT2D eigenvalue weighted by Crippen LogP contribution is 2.29. The number of benzene rings is 1. The third-order valence-corrected chi connectivity index (χ3v) is 4.59. The summed E-state index contributed by atoms with van der Waals surface area (Å²) < 4.78 is 37.6. The third-order valence-electron chi connectivity index (χ3n) is 4.59. The quantitative estimate of drug-likeness (QED) is 0.859. The fraction of sp³-hybridized carbons (Fsp3) is 0.611. The van der Waals surface area contributed by atoms with E-state index in [1.807, 2.05) is 0 Å². The van der Waals surface area contributed by atoms with Crippen molar-refractivity contribution in [1.82, 2.24) is 5.32 Å². The van der Waals surface area contributed by atoms with Crippen LogP contribution in [0.3, 0.4) is 0 Å². The molecule has 1 aliphatic carbocycles. The van der Waals surface area contributed by atoms with E-state index in [0.29, 0.717) is 30.9 Å². The lowest BCUT2D eigenvalue weighted by molar-refractivity contribution is -0.137. The van der Waals surface area contributed by atoms with Crippen molar-refractivity contribution in [2.45, 2.75) is 51.3 Å². The number of nitrogens with one attached hydrogen (secondary N) is 1. The Morgan fingerprint density at radius 1 is 1.29 bits per heavy atom. The standard InChI is InChI=1S/C18H24F3NO2/c1-12(9-13-5-7-15(8-6-13)18(19,20)21)17(24)22-11-14-3-2-4-16(23)10-14/h5-8,12,14,16,23H,2-4,9-11H2,1H3,(H,22,24). The first kappa shape index (κ1) is 18.8. The number of rotatable bonds is 5. The summed E-state index contributed by atoms with van der Waals surface area (Å²) in [6, 6.07) is 4.93. The largest absolute Gasteiger partial charge is 0.416 e. The summed E-state index contributed by atoms with van der Waals surface area (Å²) in [6.07, 6.45) is -0.690. The Balaban J connectivity index is 1.80. The highest BCUT2D eigenvalue weighted by atomic mass is 19.4. The first-order valence-corrected chi connectivity index (χ1v) is 8.37. The predicted octanol–water partition coefficient (Wildman–Crippen LogP) is 3.55. The molecule has 1 fully saturated rings. The van der Waals surface area contributed by atoms with Crippen LogP contribution < -0.4 is 5.32 Å². The van der Waals surface area contributed by atoms with Crippen molar-refractivity contribution in [3.63, 3.8) is 0 Å². The number of hydrogen-bond acceptors (Lipinski definition) is 2. The van der Waals surface area contributed by atoms with Crippen LogP contribution in [0, 0.1) is 11.8 Å². The Kier molecular flexibility index (Phi) is 6.27. The van der Waals surface area contributed by atoms with Crippen LogP contribution in [-0.2, 0) is 17.4 Å². The van der Waals surface area contributed by atoms with Crippen LogP contribution in [0.4, 0.5) is 13.2 Å². The maximum absolute atomic E-state index is 12.5.